The molecule has 0 atom stereocenters. The molecule has 4 aromatic heterocycles. The minimum absolute atomic E-state index is 0.507. The van der Waals surface area contributed by atoms with Crippen molar-refractivity contribution in [3.8, 4) is 73.2 Å². The summed E-state index contributed by atoms with van der Waals surface area (Å²) < 4.78 is 15.5. The van der Waals surface area contributed by atoms with Gasteiger partial charge in [0, 0.05) is 54.6 Å². The van der Waals surface area contributed by atoms with Crippen LogP contribution in [0.2, 0.25) is 0 Å². The minimum atomic E-state index is 0.507. The molecule has 0 spiro atoms. The maximum Gasteiger partial charge on any atom is 0.167 e. The Labute approximate surface area is 396 Å². The summed E-state index contributed by atoms with van der Waals surface area (Å²) in [6, 6.07) is 80.7. The normalized spacial score (nSPS) is 11.8. The highest BCUT2D eigenvalue weighted by Gasteiger charge is 2.24. The van der Waals surface area contributed by atoms with Gasteiger partial charge in [-0.1, -0.05) is 170 Å². The van der Waals surface area contributed by atoms with Gasteiger partial charge in [0.1, 0.15) is 22.3 Å². The van der Waals surface area contributed by atoms with E-state index in [0.717, 1.165) is 99.5 Å². The zero-order valence-corrected chi connectivity index (χ0v) is 37.0. The van der Waals surface area contributed by atoms with Crippen molar-refractivity contribution in [3.63, 3.8) is 0 Å². The van der Waals surface area contributed by atoms with E-state index in [-0.39, 0.29) is 0 Å². The molecule has 0 aliphatic heterocycles. The number of para-hydroxylation sites is 4. The van der Waals surface area contributed by atoms with Gasteiger partial charge in [-0.3, -0.25) is 0 Å². The first-order valence-electron chi connectivity index (χ1n) is 23.2. The highest BCUT2D eigenvalue weighted by molar-refractivity contribution is 6.13. The average Bonchev–Trinajstić information content (AvgIpc) is 4.10. The molecule has 6 heteroatoms. The van der Waals surface area contributed by atoms with Gasteiger partial charge in [-0.25, -0.2) is 15.0 Å². The Hall–Kier alpha value is -9.39. The molecule has 0 fully saturated rings. The molecule has 0 bridgehead atoms. The van der Waals surface area contributed by atoms with Gasteiger partial charge in [0.05, 0.1) is 22.3 Å². The quantitative estimate of drug-likeness (QED) is 0.159. The van der Waals surface area contributed by atoms with Crippen LogP contribution in [0.1, 0.15) is 0 Å². The molecule has 0 aliphatic rings. The van der Waals surface area contributed by atoms with Crippen molar-refractivity contribution in [3.05, 3.63) is 231 Å². The van der Waals surface area contributed by atoms with Crippen LogP contribution in [0, 0.1) is 0 Å². The molecule has 0 unspecified atom stereocenters. The lowest BCUT2D eigenvalue weighted by atomic mass is 9.92. The van der Waals surface area contributed by atoms with E-state index in [9.17, 15) is 0 Å². The van der Waals surface area contributed by atoms with E-state index in [1.165, 1.54) is 21.9 Å². The summed E-state index contributed by atoms with van der Waals surface area (Å²) in [5.41, 5.74) is 15.4. The molecular formula is C63H38N4O2. The SMILES string of the molecule is c1ccc(-c2ccc3c(c2)c2ccccc2n3-c2c(-c3ccccc3)cc(-c3nc(-c4ccc5c(c4)oc4ccccc45)nc(-c4cccc5c4oc4ccccc45)n3)cc2-c2ccccc2)cc1. The predicted octanol–water partition coefficient (Wildman–Crippen LogP) is 16.8. The second-order valence-corrected chi connectivity index (χ2v) is 17.5. The van der Waals surface area contributed by atoms with Crippen LogP contribution < -0.4 is 0 Å². The van der Waals surface area contributed by atoms with Gasteiger partial charge in [-0.2, -0.15) is 0 Å². The van der Waals surface area contributed by atoms with Gasteiger partial charge < -0.3 is 13.4 Å². The van der Waals surface area contributed by atoms with Crippen LogP contribution in [-0.2, 0) is 0 Å². The molecule has 4 heterocycles. The highest BCUT2D eigenvalue weighted by atomic mass is 16.3. The lowest BCUT2D eigenvalue weighted by molar-refractivity contribution is 0.668. The van der Waals surface area contributed by atoms with Crippen LogP contribution in [0.3, 0.4) is 0 Å². The summed E-state index contributed by atoms with van der Waals surface area (Å²) in [4.78, 5) is 16.1. The van der Waals surface area contributed by atoms with Crippen molar-refractivity contribution < 1.29 is 8.83 Å². The minimum Gasteiger partial charge on any atom is -0.456 e. The lowest BCUT2D eigenvalue weighted by Gasteiger charge is -2.21. The molecule has 0 saturated carbocycles. The first-order chi connectivity index (χ1) is 34.2. The number of benzene rings is 10. The summed E-state index contributed by atoms with van der Waals surface area (Å²) in [5.74, 6) is 1.56. The molecule has 0 saturated heterocycles. The second kappa shape index (κ2) is 15.6. The third kappa shape index (κ3) is 6.38. The molecule has 14 aromatic rings. The maximum atomic E-state index is 6.62. The van der Waals surface area contributed by atoms with E-state index in [4.69, 9.17) is 23.8 Å². The summed E-state index contributed by atoms with van der Waals surface area (Å²) in [7, 11) is 0. The number of nitrogens with zero attached hydrogens (tertiary/aromatic N) is 4. The van der Waals surface area contributed by atoms with Crippen LogP contribution in [-0.4, -0.2) is 19.5 Å². The van der Waals surface area contributed by atoms with Crippen LogP contribution in [0.4, 0.5) is 0 Å². The van der Waals surface area contributed by atoms with E-state index in [1.807, 2.05) is 54.6 Å². The Morgan fingerprint density at radius 2 is 0.797 bits per heavy atom. The fourth-order valence-electron chi connectivity index (χ4n) is 10.2. The van der Waals surface area contributed by atoms with Crippen LogP contribution >= 0.6 is 0 Å². The lowest BCUT2D eigenvalue weighted by Crippen LogP contribution is -2.04. The van der Waals surface area contributed by atoms with Crippen molar-refractivity contribution >= 4 is 65.7 Å². The topological polar surface area (TPSA) is 69.9 Å². The van der Waals surface area contributed by atoms with Gasteiger partial charge in [0.2, 0.25) is 0 Å². The van der Waals surface area contributed by atoms with Crippen molar-refractivity contribution in [2.45, 2.75) is 0 Å². The average molecular weight is 883 g/mol. The van der Waals surface area contributed by atoms with Gasteiger partial charge in [-0.15, -0.1) is 0 Å². The van der Waals surface area contributed by atoms with Gasteiger partial charge in [0.15, 0.2) is 17.5 Å². The monoisotopic (exact) mass is 882 g/mol. The molecule has 14 rings (SSSR count). The van der Waals surface area contributed by atoms with E-state index < -0.39 is 0 Å². The number of hydrogen-bond donors (Lipinski definition) is 0. The number of furan rings is 2. The molecule has 6 nitrogen and oxygen atoms in total. The smallest absolute Gasteiger partial charge is 0.167 e. The molecular weight excluding hydrogens is 845 g/mol. The van der Waals surface area contributed by atoms with Crippen LogP contribution in [0.5, 0.6) is 0 Å². The van der Waals surface area contributed by atoms with Gasteiger partial charge >= 0.3 is 0 Å². The number of fused-ring (bicyclic) bond motifs is 9. The fraction of sp³-hybridized carbons (Fsp3) is 0. The maximum absolute atomic E-state index is 6.62. The standard InChI is InChI=1S/C63H38N4O2/c1-4-17-39(18-5-1)42-32-34-55-53(35-42)45-23-10-13-28-54(45)67(55)59-51(40-19-6-2-7-20-40)36-44(37-52(59)41-21-8-3-9-22-41)62-64-61(43-31-33-48-46-24-11-14-29-56(46)68-58(48)38-43)65-63(66-62)50-27-16-26-49-47-25-12-15-30-57(47)69-60(49)50/h1-38H. The Morgan fingerprint density at radius 1 is 0.275 bits per heavy atom. The van der Waals surface area contributed by atoms with Crippen LogP contribution in [0.25, 0.3) is 139 Å². The third-order valence-electron chi connectivity index (χ3n) is 13.5. The largest absolute Gasteiger partial charge is 0.456 e. The third-order valence-corrected chi connectivity index (χ3v) is 13.5. The fourth-order valence-corrected chi connectivity index (χ4v) is 10.2. The van der Waals surface area contributed by atoms with E-state index in [0.29, 0.717) is 17.5 Å². The van der Waals surface area contributed by atoms with E-state index in [2.05, 4.69) is 180 Å². The van der Waals surface area contributed by atoms with Crippen molar-refractivity contribution in [2.24, 2.45) is 0 Å². The van der Waals surface area contributed by atoms with Crippen molar-refractivity contribution in [1.29, 1.82) is 0 Å². The Bertz CT molecular complexity index is 4240. The Kier molecular flexibility index (Phi) is 8.79. The van der Waals surface area contributed by atoms with E-state index in [1.54, 1.807) is 0 Å². The first kappa shape index (κ1) is 38.8. The zero-order valence-electron chi connectivity index (χ0n) is 37.0. The Balaban J connectivity index is 1.06. The van der Waals surface area contributed by atoms with Crippen molar-refractivity contribution in [1.82, 2.24) is 19.5 Å². The highest BCUT2D eigenvalue weighted by Crippen LogP contribution is 2.45. The van der Waals surface area contributed by atoms with E-state index >= 15 is 0 Å². The summed E-state index contributed by atoms with van der Waals surface area (Å²) >= 11 is 0. The van der Waals surface area contributed by atoms with Crippen molar-refractivity contribution in [2.75, 3.05) is 0 Å². The predicted molar refractivity (Wildman–Crippen MR) is 281 cm³/mol. The molecule has 69 heavy (non-hydrogen) atoms. The second-order valence-electron chi connectivity index (χ2n) is 17.5. The molecule has 322 valence electrons. The summed E-state index contributed by atoms with van der Waals surface area (Å²) in [5, 5.41) is 6.50. The molecule has 0 amide bonds. The molecule has 0 aliphatic carbocycles. The molecule has 0 N–H and O–H groups in total. The zero-order chi connectivity index (χ0) is 45.4. The number of hydrogen-bond acceptors (Lipinski definition) is 5. The Morgan fingerprint density at radius 3 is 1.51 bits per heavy atom. The summed E-state index contributed by atoms with van der Waals surface area (Å²) in [6.45, 7) is 0. The molecule has 0 radical (unpaired) electrons. The first-order valence-corrected chi connectivity index (χ1v) is 23.2. The van der Waals surface area contributed by atoms with Crippen LogP contribution in [0.15, 0.2) is 239 Å². The molecule has 10 aromatic carbocycles. The van der Waals surface area contributed by atoms with Gasteiger partial charge in [0.25, 0.3) is 0 Å². The number of aromatic nitrogens is 4. The van der Waals surface area contributed by atoms with Gasteiger partial charge in [-0.05, 0) is 82.9 Å². The summed E-state index contributed by atoms with van der Waals surface area (Å²) in [6.07, 6.45) is 0. The number of rotatable bonds is 7.